The van der Waals surface area contributed by atoms with E-state index in [1.54, 1.807) is 19.2 Å². The van der Waals surface area contributed by atoms with Gasteiger partial charge in [0.15, 0.2) is 6.10 Å². The van der Waals surface area contributed by atoms with Crippen molar-refractivity contribution >= 4 is 27.6 Å². The monoisotopic (exact) mass is 444 g/mol. The quantitative estimate of drug-likeness (QED) is 0.637. The standard InChI is InChI=1S/C23H28N2O5S/c1-18(22(26)24(2)20-10-6-5-7-11-20)30-23(27)19-12-14-21(15-13-19)31(28,29)25-16-8-3-4-9-17-25/h5-7,10-15,18H,3-4,8-9,16-17H2,1-2H3. The number of esters is 1. The minimum Gasteiger partial charge on any atom is -0.449 e. The second-order valence-corrected chi connectivity index (χ2v) is 9.56. The van der Waals surface area contributed by atoms with Crippen LogP contribution in [0.25, 0.3) is 0 Å². The molecule has 0 spiro atoms. The van der Waals surface area contributed by atoms with Crippen molar-refractivity contribution in [3.05, 3.63) is 60.2 Å². The lowest BCUT2D eigenvalue weighted by Crippen LogP contribution is -2.37. The van der Waals surface area contributed by atoms with Crippen LogP contribution in [0, 0.1) is 0 Å². The van der Waals surface area contributed by atoms with Crippen LogP contribution in [0.4, 0.5) is 5.69 Å². The van der Waals surface area contributed by atoms with Crippen LogP contribution >= 0.6 is 0 Å². The maximum absolute atomic E-state index is 12.9. The minimum atomic E-state index is -3.59. The number of carbonyl (C=O) groups excluding carboxylic acids is 2. The summed E-state index contributed by atoms with van der Waals surface area (Å²) in [6, 6.07) is 14.7. The molecule has 0 saturated carbocycles. The maximum Gasteiger partial charge on any atom is 0.338 e. The molecule has 1 heterocycles. The van der Waals surface area contributed by atoms with Crippen LogP contribution in [0.1, 0.15) is 43.0 Å². The molecule has 1 saturated heterocycles. The fourth-order valence-electron chi connectivity index (χ4n) is 3.52. The zero-order valence-corrected chi connectivity index (χ0v) is 18.7. The molecule has 1 aliphatic heterocycles. The van der Waals surface area contributed by atoms with Crippen molar-refractivity contribution in [2.24, 2.45) is 0 Å². The first-order valence-electron chi connectivity index (χ1n) is 10.4. The Bertz CT molecular complexity index is 998. The fourth-order valence-corrected chi connectivity index (χ4v) is 5.04. The van der Waals surface area contributed by atoms with Gasteiger partial charge in [-0.1, -0.05) is 31.0 Å². The van der Waals surface area contributed by atoms with Gasteiger partial charge in [-0.25, -0.2) is 13.2 Å². The Morgan fingerprint density at radius 3 is 2.10 bits per heavy atom. The van der Waals surface area contributed by atoms with Gasteiger partial charge in [0.25, 0.3) is 5.91 Å². The number of carbonyl (C=O) groups is 2. The first-order valence-corrected chi connectivity index (χ1v) is 11.9. The number of amides is 1. The van der Waals surface area contributed by atoms with Crippen molar-refractivity contribution in [3.63, 3.8) is 0 Å². The average Bonchev–Trinajstić information content (AvgIpc) is 3.09. The van der Waals surface area contributed by atoms with Gasteiger partial charge in [0.1, 0.15) is 0 Å². The van der Waals surface area contributed by atoms with Gasteiger partial charge in [0.2, 0.25) is 10.0 Å². The van der Waals surface area contributed by atoms with Crippen LogP contribution in [-0.4, -0.2) is 50.8 Å². The van der Waals surface area contributed by atoms with E-state index in [4.69, 9.17) is 4.74 Å². The van der Waals surface area contributed by atoms with Gasteiger partial charge < -0.3 is 9.64 Å². The highest BCUT2D eigenvalue weighted by atomic mass is 32.2. The Kier molecular flexibility index (Phi) is 7.46. The number of sulfonamides is 1. The highest BCUT2D eigenvalue weighted by molar-refractivity contribution is 7.89. The molecule has 7 nitrogen and oxygen atoms in total. The molecule has 2 aromatic carbocycles. The zero-order valence-electron chi connectivity index (χ0n) is 17.9. The van der Waals surface area contributed by atoms with Crippen LogP contribution in [0.5, 0.6) is 0 Å². The second-order valence-electron chi connectivity index (χ2n) is 7.62. The Balaban J connectivity index is 1.65. The molecule has 31 heavy (non-hydrogen) atoms. The molecule has 1 fully saturated rings. The van der Waals surface area contributed by atoms with Crippen LogP contribution in [0.3, 0.4) is 0 Å². The third-order valence-electron chi connectivity index (χ3n) is 5.40. The van der Waals surface area contributed by atoms with Gasteiger partial charge in [-0.05, 0) is 56.2 Å². The van der Waals surface area contributed by atoms with Gasteiger partial charge in [-0.2, -0.15) is 4.31 Å². The van der Waals surface area contributed by atoms with E-state index in [9.17, 15) is 18.0 Å². The molecule has 0 aromatic heterocycles. The molecule has 0 bridgehead atoms. The van der Waals surface area contributed by atoms with E-state index in [1.807, 2.05) is 18.2 Å². The van der Waals surface area contributed by atoms with E-state index < -0.39 is 22.1 Å². The summed E-state index contributed by atoms with van der Waals surface area (Å²) in [5.41, 5.74) is 0.885. The number of likely N-dealkylation sites (N-methyl/N-ethyl adjacent to an activating group) is 1. The minimum absolute atomic E-state index is 0.152. The summed E-state index contributed by atoms with van der Waals surface area (Å²) in [6.07, 6.45) is 2.79. The normalized spacial score (nSPS) is 16.2. The van der Waals surface area contributed by atoms with Gasteiger partial charge in [-0.3, -0.25) is 4.79 Å². The number of anilines is 1. The first-order chi connectivity index (χ1) is 14.8. The van der Waals surface area contributed by atoms with Crippen molar-refractivity contribution in [3.8, 4) is 0 Å². The highest BCUT2D eigenvalue weighted by Crippen LogP contribution is 2.21. The largest absolute Gasteiger partial charge is 0.449 e. The molecular formula is C23H28N2O5S. The number of hydrogen-bond donors (Lipinski definition) is 0. The van der Waals surface area contributed by atoms with E-state index in [2.05, 4.69) is 0 Å². The summed E-state index contributed by atoms with van der Waals surface area (Å²) in [4.78, 5) is 26.6. The molecule has 0 N–H and O–H groups in total. The predicted molar refractivity (Wildman–Crippen MR) is 118 cm³/mol. The average molecular weight is 445 g/mol. The lowest BCUT2D eigenvalue weighted by molar-refractivity contribution is -0.126. The molecule has 2 aromatic rings. The fraction of sp³-hybridized carbons (Fsp3) is 0.391. The lowest BCUT2D eigenvalue weighted by Gasteiger charge is -2.22. The Morgan fingerprint density at radius 1 is 0.935 bits per heavy atom. The maximum atomic E-state index is 12.9. The summed E-state index contributed by atoms with van der Waals surface area (Å²) in [5.74, 6) is -1.04. The third kappa shape index (κ3) is 5.51. The molecule has 1 aliphatic rings. The van der Waals surface area contributed by atoms with Gasteiger partial charge in [0.05, 0.1) is 10.5 Å². The summed E-state index contributed by atoms with van der Waals surface area (Å²) in [5, 5.41) is 0. The zero-order chi connectivity index (χ0) is 22.4. The number of benzene rings is 2. The van der Waals surface area contributed by atoms with E-state index in [0.717, 1.165) is 25.7 Å². The molecule has 3 rings (SSSR count). The number of nitrogens with zero attached hydrogens (tertiary/aromatic N) is 2. The second kappa shape index (κ2) is 10.1. The molecule has 166 valence electrons. The summed E-state index contributed by atoms with van der Waals surface area (Å²) in [7, 11) is -1.97. The Labute approximate surface area is 183 Å². The van der Waals surface area contributed by atoms with Crippen LogP contribution in [-0.2, 0) is 19.6 Å². The number of rotatable bonds is 6. The van der Waals surface area contributed by atoms with E-state index in [0.29, 0.717) is 18.8 Å². The molecule has 1 unspecified atom stereocenters. The van der Waals surface area contributed by atoms with Crippen molar-refractivity contribution < 1.29 is 22.7 Å². The number of para-hydroxylation sites is 1. The van der Waals surface area contributed by atoms with Gasteiger partial charge in [-0.15, -0.1) is 0 Å². The SMILES string of the molecule is CC(OC(=O)c1ccc(S(=O)(=O)N2CCCCCC2)cc1)C(=O)N(C)c1ccccc1. The lowest BCUT2D eigenvalue weighted by atomic mass is 10.2. The molecule has 1 atom stereocenters. The van der Waals surface area contributed by atoms with E-state index in [-0.39, 0.29) is 16.4 Å². The highest BCUT2D eigenvalue weighted by Gasteiger charge is 2.26. The number of hydrogen-bond acceptors (Lipinski definition) is 5. The molecule has 0 aliphatic carbocycles. The topological polar surface area (TPSA) is 84.0 Å². The Hall–Kier alpha value is -2.71. The van der Waals surface area contributed by atoms with Crippen LogP contribution in [0.15, 0.2) is 59.5 Å². The van der Waals surface area contributed by atoms with Gasteiger partial charge in [0, 0.05) is 25.8 Å². The summed E-state index contributed by atoms with van der Waals surface area (Å²) < 4.78 is 32.5. The van der Waals surface area contributed by atoms with Crippen LogP contribution in [0.2, 0.25) is 0 Å². The van der Waals surface area contributed by atoms with Crippen molar-refractivity contribution in [2.45, 2.75) is 43.6 Å². The summed E-state index contributed by atoms with van der Waals surface area (Å²) in [6.45, 7) is 2.54. The molecule has 0 radical (unpaired) electrons. The molecule has 1 amide bonds. The van der Waals surface area contributed by atoms with E-state index in [1.165, 1.54) is 40.4 Å². The van der Waals surface area contributed by atoms with E-state index >= 15 is 0 Å². The molecule has 8 heteroatoms. The summed E-state index contributed by atoms with van der Waals surface area (Å²) >= 11 is 0. The van der Waals surface area contributed by atoms with Crippen molar-refractivity contribution in [1.29, 1.82) is 0 Å². The van der Waals surface area contributed by atoms with Crippen LogP contribution < -0.4 is 4.90 Å². The van der Waals surface area contributed by atoms with Crippen molar-refractivity contribution in [2.75, 3.05) is 25.0 Å². The molecular weight excluding hydrogens is 416 g/mol. The first kappa shape index (κ1) is 23.0. The third-order valence-corrected chi connectivity index (χ3v) is 7.31. The van der Waals surface area contributed by atoms with Crippen molar-refractivity contribution in [1.82, 2.24) is 4.31 Å². The van der Waals surface area contributed by atoms with Gasteiger partial charge >= 0.3 is 5.97 Å². The number of ether oxygens (including phenoxy) is 1. The predicted octanol–water partition coefficient (Wildman–Crippen LogP) is 3.46. The smallest absolute Gasteiger partial charge is 0.338 e. The Morgan fingerprint density at radius 2 is 1.52 bits per heavy atom.